The number of nitrogens with one attached hydrogen (secondary N) is 1. The van der Waals surface area contributed by atoms with E-state index in [1.807, 2.05) is 42.5 Å². The Hall–Kier alpha value is -2.70. The lowest BCUT2D eigenvalue weighted by molar-refractivity contribution is -0.116. The summed E-state index contributed by atoms with van der Waals surface area (Å²) in [5.41, 5.74) is 2.83. The van der Waals surface area contributed by atoms with Crippen LogP contribution in [-0.4, -0.2) is 16.6 Å². The third-order valence-corrected chi connectivity index (χ3v) is 6.52. The van der Waals surface area contributed by atoms with Crippen molar-refractivity contribution in [2.45, 2.75) is 17.7 Å². The SMILES string of the molecule is O=C(CCCSc1ccc(F)cc1)Nc1ccc(-c2nc3ccccc3s2)cc1. The molecule has 0 saturated carbocycles. The molecule has 0 saturated heterocycles. The smallest absolute Gasteiger partial charge is 0.224 e. The molecule has 6 heteroatoms. The number of nitrogens with zero attached hydrogens (tertiary/aromatic N) is 1. The molecule has 1 N–H and O–H groups in total. The van der Waals surface area contributed by atoms with E-state index in [1.54, 1.807) is 35.2 Å². The van der Waals surface area contributed by atoms with Crippen molar-refractivity contribution < 1.29 is 9.18 Å². The maximum atomic E-state index is 12.9. The highest BCUT2D eigenvalue weighted by atomic mass is 32.2. The Morgan fingerprint density at radius 3 is 2.52 bits per heavy atom. The normalized spacial score (nSPS) is 10.9. The predicted octanol–water partition coefficient (Wildman–Crippen LogP) is 6.61. The average Bonchev–Trinajstić information content (AvgIpc) is 3.17. The van der Waals surface area contributed by atoms with Crippen molar-refractivity contribution in [2.24, 2.45) is 0 Å². The lowest BCUT2D eigenvalue weighted by Gasteiger charge is -2.06. The highest BCUT2D eigenvalue weighted by Crippen LogP contribution is 2.30. The van der Waals surface area contributed by atoms with E-state index in [0.717, 1.165) is 38.8 Å². The summed E-state index contributed by atoms with van der Waals surface area (Å²) in [6.07, 6.45) is 1.21. The Kier molecular flexibility index (Phi) is 6.22. The Morgan fingerprint density at radius 2 is 1.76 bits per heavy atom. The first-order chi connectivity index (χ1) is 14.2. The molecule has 1 amide bonds. The first-order valence-corrected chi connectivity index (χ1v) is 11.1. The molecule has 0 spiro atoms. The third kappa shape index (κ3) is 5.22. The van der Waals surface area contributed by atoms with E-state index >= 15 is 0 Å². The number of hydrogen-bond acceptors (Lipinski definition) is 4. The summed E-state index contributed by atoms with van der Waals surface area (Å²) in [5.74, 6) is 0.579. The molecule has 0 aliphatic heterocycles. The number of benzene rings is 3. The van der Waals surface area contributed by atoms with Crippen molar-refractivity contribution in [2.75, 3.05) is 11.1 Å². The zero-order valence-electron chi connectivity index (χ0n) is 15.6. The van der Waals surface area contributed by atoms with Gasteiger partial charge in [0.15, 0.2) is 0 Å². The van der Waals surface area contributed by atoms with Crippen molar-refractivity contribution in [3.8, 4) is 10.6 Å². The minimum atomic E-state index is -0.233. The monoisotopic (exact) mass is 422 g/mol. The molecule has 0 radical (unpaired) electrons. The van der Waals surface area contributed by atoms with Crippen molar-refractivity contribution in [1.82, 2.24) is 4.98 Å². The van der Waals surface area contributed by atoms with E-state index in [-0.39, 0.29) is 11.7 Å². The number of anilines is 1. The molecule has 1 aromatic heterocycles. The Morgan fingerprint density at radius 1 is 1.00 bits per heavy atom. The van der Waals surface area contributed by atoms with Crippen LogP contribution in [0.25, 0.3) is 20.8 Å². The van der Waals surface area contributed by atoms with Gasteiger partial charge in [-0.25, -0.2) is 9.37 Å². The highest BCUT2D eigenvalue weighted by Gasteiger charge is 2.07. The molecular weight excluding hydrogens is 403 g/mol. The summed E-state index contributed by atoms with van der Waals surface area (Å²) < 4.78 is 14.1. The summed E-state index contributed by atoms with van der Waals surface area (Å²) in [7, 11) is 0. The van der Waals surface area contributed by atoms with E-state index in [9.17, 15) is 9.18 Å². The Balaban J connectivity index is 1.27. The molecule has 3 nitrogen and oxygen atoms in total. The van der Waals surface area contributed by atoms with Crippen molar-refractivity contribution >= 4 is 44.9 Å². The van der Waals surface area contributed by atoms with Gasteiger partial charge in [-0.1, -0.05) is 12.1 Å². The van der Waals surface area contributed by atoms with Gasteiger partial charge in [-0.3, -0.25) is 4.79 Å². The Labute approximate surface area is 177 Å². The van der Waals surface area contributed by atoms with Crippen LogP contribution in [0.2, 0.25) is 0 Å². The number of rotatable bonds is 7. The number of carbonyl (C=O) groups excluding carboxylic acids is 1. The molecule has 1 heterocycles. The second-order valence-corrected chi connectivity index (χ2v) is 8.72. The predicted molar refractivity (Wildman–Crippen MR) is 120 cm³/mol. The van der Waals surface area contributed by atoms with Gasteiger partial charge in [-0.2, -0.15) is 0 Å². The lowest BCUT2D eigenvalue weighted by Crippen LogP contribution is -2.11. The standard InChI is InChI=1S/C23H19FN2OS2/c24-17-9-13-19(14-10-17)28-15-3-6-22(27)25-18-11-7-16(8-12-18)23-26-20-4-1-2-5-21(20)29-23/h1-2,4-5,7-14H,3,6,15H2,(H,25,27). The number of fused-ring (bicyclic) bond motifs is 1. The molecular formula is C23H19FN2OS2. The second-order valence-electron chi connectivity index (χ2n) is 6.52. The number of hydrogen-bond donors (Lipinski definition) is 1. The molecule has 0 aliphatic carbocycles. The van der Waals surface area contributed by atoms with Gasteiger partial charge < -0.3 is 5.32 Å². The quantitative estimate of drug-likeness (QED) is 0.269. The first-order valence-electron chi connectivity index (χ1n) is 9.32. The topological polar surface area (TPSA) is 42.0 Å². The van der Waals surface area contributed by atoms with Gasteiger partial charge >= 0.3 is 0 Å². The van der Waals surface area contributed by atoms with Crippen LogP contribution >= 0.6 is 23.1 Å². The summed E-state index contributed by atoms with van der Waals surface area (Å²) in [6.45, 7) is 0. The molecule has 0 bridgehead atoms. The highest BCUT2D eigenvalue weighted by molar-refractivity contribution is 7.99. The minimum Gasteiger partial charge on any atom is -0.326 e. The molecule has 0 fully saturated rings. The largest absolute Gasteiger partial charge is 0.326 e. The maximum Gasteiger partial charge on any atom is 0.224 e. The van der Waals surface area contributed by atoms with E-state index in [2.05, 4.69) is 16.4 Å². The van der Waals surface area contributed by atoms with Gasteiger partial charge in [0, 0.05) is 22.6 Å². The zero-order chi connectivity index (χ0) is 20.1. The van der Waals surface area contributed by atoms with E-state index < -0.39 is 0 Å². The summed E-state index contributed by atoms with van der Waals surface area (Å²) in [6, 6.07) is 22.3. The molecule has 29 heavy (non-hydrogen) atoms. The van der Waals surface area contributed by atoms with Crippen LogP contribution in [0.1, 0.15) is 12.8 Å². The lowest BCUT2D eigenvalue weighted by atomic mass is 10.2. The molecule has 146 valence electrons. The number of aromatic nitrogens is 1. The van der Waals surface area contributed by atoms with Gasteiger partial charge in [0.05, 0.1) is 10.2 Å². The minimum absolute atomic E-state index is 0.00237. The van der Waals surface area contributed by atoms with Gasteiger partial charge in [-0.15, -0.1) is 23.1 Å². The van der Waals surface area contributed by atoms with Crippen LogP contribution in [0.5, 0.6) is 0 Å². The first kappa shape index (κ1) is 19.6. The van der Waals surface area contributed by atoms with Crippen LogP contribution in [0.3, 0.4) is 0 Å². The van der Waals surface area contributed by atoms with Gasteiger partial charge in [0.1, 0.15) is 10.8 Å². The van der Waals surface area contributed by atoms with Crippen molar-refractivity contribution in [3.63, 3.8) is 0 Å². The summed E-state index contributed by atoms with van der Waals surface area (Å²) in [4.78, 5) is 17.8. The Bertz CT molecular complexity index is 1070. The third-order valence-electron chi connectivity index (χ3n) is 4.34. The maximum absolute atomic E-state index is 12.9. The van der Waals surface area contributed by atoms with Crippen LogP contribution in [0.4, 0.5) is 10.1 Å². The summed E-state index contributed by atoms with van der Waals surface area (Å²) >= 11 is 3.29. The molecule has 0 atom stereocenters. The van der Waals surface area contributed by atoms with Gasteiger partial charge in [0.2, 0.25) is 5.91 Å². The number of para-hydroxylation sites is 1. The molecule has 4 aromatic rings. The van der Waals surface area contributed by atoms with Crippen molar-refractivity contribution in [1.29, 1.82) is 0 Å². The van der Waals surface area contributed by atoms with Crippen LogP contribution in [0, 0.1) is 5.82 Å². The fourth-order valence-corrected chi connectivity index (χ4v) is 4.69. The molecule has 0 aliphatic rings. The molecule has 0 unspecified atom stereocenters. The van der Waals surface area contributed by atoms with E-state index in [4.69, 9.17) is 0 Å². The number of carbonyl (C=O) groups is 1. The average molecular weight is 423 g/mol. The molecule has 3 aromatic carbocycles. The van der Waals surface area contributed by atoms with E-state index in [1.165, 1.54) is 16.8 Å². The summed E-state index contributed by atoms with van der Waals surface area (Å²) in [5, 5.41) is 3.91. The van der Waals surface area contributed by atoms with Gasteiger partial charge in [-0.05, 0) is 72.8 Å². The number of halogens is 1. The number of thiazole rings is 1. The number of thioether (sulfide) groups is 1. The molecule has 4 rings (SSSR count). The van der Waals surface area contributed by atoms with Crippen LogP contribution in [0.15, 0.2) is 77.7 Å². The second kappa shape index (κ2) is 9.20. The van der Waals surface area contributed by atoms with E-state index in [0.29, 0.717) is 6.42 Å². The van der Waals surface area contributed by atoms with Crippen LogP contribution < -0.4 is 5.32 Å². The zero-order valence-corrected chi connectivity index (χ0v) is 17.2. The van der Waals surface area contributed by atoms with Crippen LogP contribution in [-0.2, 0) is 4.79 Å². The fraction of sp³-hybridized carbons (Fsp3) is 0.130. The number of amides is 1. The fourth-order valence-electron chi connectivity index (χ4n) is 2.87. The van der Waals surface area contributed by atoms with Gasteiger partial charge in [0.25, 0.3) is 0 Å². The van der Waals surface area contributed by atoms with Crippen molar-refractivity contribution in [3.05, 3.63) is 78.6 Å².